The summed E-state index contributed by atoms with van der Waals surface area (Å²) in [5.41, 5.74) is -0.231. The molecule has 0 nitrogen and oxygen atoms in total. The zero-order valence-corrected chi connectivity index (χ0v) is 7.58. The lowest BCUT2D eigenvalue weighted by Gasteiger charge is -2.44. The van der Waals surface area contributed by atoms with E-state index < -0.39 is 0 Å². The average Bonchev–Trinajstić information content (AvgIpc) is 1.33. The summed E-state index contributed by atoms with van der Waals surface area (Å²) in [5, 5.41) is 0. The van der Waals surface area contributed by atoms with Crippen LogP contribution in [0.15, 0.2) is 0 Å². The molecule has 0 bridgehead atoms. The normalized spacial score (nSPS) is 45.0. The predicted octanol–water partition coefficient (Wildman–Crippen LogP) is 3.01. The summed E-state index contributed by atoms with van der Waals surface area (Å²) in [6, 6.07) is 0. The van der Waals surface area contributed by atoms with Crippen molar-refractivity contribution in [2.45, 2.75) is 0 Å². The molecular weight excluding hydrogens is 190 g/mol. The molecule has 1 heterocycles. The summed E-state index contributed by atoms with van der Waals surface area (Å²) in [4.78, 5) is 0. The van der Waals surface area contributed by atoms with Gasteiger partial charge in [-0.2, -0.15) is 0 Å². The van der Waals surface area contributed by atoms with Crippen LogP contribution in [-0.2, 0) is 24.5 Å². The molecule has 0 spiro atoms. The molecule has 6 heteroatoms. The number of hydrogen-bond acceptors (Lipinski definition) is 4. The monoisotopic (exact) mass is 190 g/mol. The quantitative estimate of drug-likeness (QED) is 0.425. The first kappa shape index (κ1) is 6.38. The summed E-state index contributed by atoms with van der Waals surface area (Å²) in [6.45, 7) is 0. The molecule has 0 atom stereocenters. The van der Waals surface area contributed by atoms with Gasteiger partial charge in [0, 0.05) is 0 Å². The van der Waals surface area contributed by atoms with E-state index in [0.717, 1.165) is 0 Å². The molecule has 0 aromatic rings. The molecule has 0 aromatic carbocycles. The van der Waals surface area contributed by atoms with E-state index in [-0.39, 0.29) is 11.1 Å². The molecule has 0 N–H and O–H groups in total. The first-order chi connectivity index (χ1) is 2.79. The highest BCUT2D eigenvalue weighted by Crippen LogP contribution is 2.95. The van der Waals surface area contributed by atoms with Gasteiger partial charge in [-0.25, -0.2) is 0 Å². The van der Waals surface area contributed by atoms with Gasteiger partial charge in [0.05, 0.1) is 0 Å². The van der Waals surface area contributed by atoms with Crippen molar-refractivity contribution in [2.24, 2.45) is 0 Å². The van der Waals surface area contributed by atoms with Crippen molar-refractivity contribution in [2.75, 3.05) is 0 Å². The highest BCUT2D eigenvalue weighted by molar-refractivity contribution is 9.50. The highest BCUT2D eigenvalue weighted by Gasteiger charge is 2.06. The van der Waals surface area contributed by atoms with Crippen LogP contribution in [0.4, 0.5) is 0 Å². The van der Waals surface area contributed by atoms with Gasteiger partial charge < -0.3 is 24.5 Å². The second-order valence-electron chi connectivity index (χ2n) is 0.611. The lowest BCUT2D eigenvalue weighted by Crippen LogP contribution is -1.57. The Balaban J connectivity index is 2.11. The standard InChI is InChI=1S/P2S4/c3-1-5-2(4)6-1/q-2. The molecule has 0 saturated carbocycles. The van der Waals surface area contributed by atoms with Crippen molar-refractivity contribution >= 4 is 57.6 Å². The Morgan fingerprint density at radius 2 is 1.33 bits per heavy atom. The Labute approximate surface area is 57.4 Å². The third-order valence-corrected chi connectivity index (χ3v) is 21.6. The van der Waals surface area contributed by atoms with Gasteiger partial charge in [-0.1, -0.05) is 0 Å². The topological polar surface area (TPSA) is 0 Å². The van der Waals surface area contributed by atoms with Gasteiger partial charge in [-0.05, 0) is 0 Å². The smallest absolute Gasteiger partial charge is 0.127 e. The molecule has 0 unspecified atom stereocenters. The van der Waals surface area contributed by atoms with Crippen LogP contribution < -0.4 is 0 Å². The molecule has 36 valence electrons. The van der Waals surface area contributed by atoms with E-state index in [1.165, 1.54) is 0 Å². The van der Waals surface area contributed by atoms with E-state index in [4.69, 9.17) is 24.5 Å². The summed E-state index contributed by atoms with van der Waals surface area (Å²) in [5.74, 6) is 0. The van der Waals surface area contributed by atoms with Crippen LogP contribution in [0.25, 0.3) is 0 Å². The Bertz CT molecular complexity index is 41.5. The van der Waals surface area contributed by atoms with Crippen molar-refractivity contribution in [1.29, 1.82) is 0 Å². The van der Waals surface area contributed by atoms with E-state index in [1.54, 1.807) is 22.0 Å². The molecular formula is P2S4-2. The van der Waals surface area contributed by atoms with Gasteiger partial charge in [-0.3, -0.25) is 0 Å². The van der Waals surface area contributed by atoms with Gasteiger partial charge in [0.25, 0.3) is 0 Å². The molecule has 1 rings (SSSR count). The lowest BCUT2D eigenvalue weighted by atomic mass is 29.2. The van der Waals surface area contributed by atoms with Crippen LogP contribution in [0.5, 0.6) is 0 Å². The van der Waals surface area contributed by atoms with Crippen molar-refractivity contribution in [1.82, 2.24) is 0 Å². The second-order valence-corrected chi connectivity index (χ2v) is 16.5. The average molecular weight is 190 g/mol. The lowest BCUT2D eigenvalue weighted by molar-refractivity contribution is 4.97. The first-order valence-electron chi connectivity index (χ1n) is 1.10. The summed E-state index contributed by atoms with van der Waals surface area (Å²) < 4.78 is 0. The Hall–Kier alpha value is 2.26. The number of rotatable bonds is 0. The van der Waals surface area contributed by atoms with Crippen molar-refractivity contribution < 1.29 is 0 Å². The maximum atomic E-state index is 4.88. The summed E-state index contributed by atoms with van der Waals surface area (Å²) in [6.07, 6.45) is 0. The minimum atomic E-state index is -0.116. The third kappa shape index (κ3) is 1.65. The maximum absolute atomic E-state index is 4.88. The zero-order chi connectivity index (χ0) is 4.57. The SMILES string of the molecule is [S-]P1SP([S-])S1. The van der Waals surface area contributed by atoms with Crippen LogP contribution >= 0.6 is 33.1 Å². The van der Waals surface area contributed by atoms with Crippen molar-refractivity contribution in [3.63, 3.8) is 0 Å². The van der Waals surface area contributed by atoms with Gasteiger partial charge in [-0.15, -0.1) is 33.1 Å². The minimum Gasteiger partial charge on any atom is -0.736 e. The van der Waals surface area contributed by atoms with E-state index >= 15 is 0 Å². The third-order valence-electron chi connectivity index (χ3n) is 0.267. The predicted molar refractivity (Wildman–Crippen MR) is 43.8 cm³/mol. The molecule has 0 aromatic heterocycles. The fourth-order valence-electron chi connectivity index (χ4n) is 0.115. The van der Waals surface area contributed by atoms with Gasteiger partial charge in [0.1, 0.15) is 0 Å². The molecule has 0 amide bonds. The molecule has 0 aliphatic carbocycles. The van der Waals surface area contributed by atoms with E-state index in [9.17, 15) is 0 Å². The maximum Gasteiger partial charge on any atom is -0.127 e. The van der Waals surface area contributed by atoms with Crippen LogP contribution in [0.2, 0.25) is 0 Å². The Kier molecular flexibility index (Phi) is 2.87. The van der Waals surface area contributed by atoms with E-state index in [1.807, 2.05) is 0 Å². The summed E-state index contributed by atoms with van der Waals surface area (Å²) >= 11 is 13.4. The van der Waals surface area contributed by atoms with E-state index in [2.05, 4.69) is 0 Å². The van der Waals surface area contributed by atoms with Crippen LogP contribution in [-0.4, -0.2) is 0 Å². The van der Waals surface area contributed by atoms with Crippen LogP contribution in [0.3, 0.4) is 0 Å². The van der Waals surface area contributed by atoms with Gasteiger partial charge in [0.15, 0.2) is 0 Å². The van der Waals surface area contributed by atoms with Crippen molar-refractivity contribution in [3.8, 4) is 0 Å². The number of hydrogen-bond donors (Lipinski definition) is 0. The van der Waals surface area contributed by atoms with Gasteiger partial charge >= 0.3 is 0 Å². The molecule has 1 aliphatic heterocycles. The van der Waals surface area contributed by atoms with Gasteiger partial charge in [0.2, 0.25) is 0 Å². The minimum absolute atomic E-state index is 0.116. The van der Waals surface area contributed by atoms with Crippen LogP contribution in [0, 0.1) is 0 Å². The molecule has 6 heavy (non-hydrogen) atoms. The van der Waals surface area contributed by atoms with Crippen LogP contribution in [0.1, 0.15) is 0 Å². The summed E-state index contributed by atoms with van der Waals surface area (Å²) in [7, 11) is 0. The van der Waals surface area contributed by atoms with Crippen molar-refractivity contribution in [3.05, 3.63) is 0 Å². The molecule has 1 aliphatic rings. The fourth-order valence-corrected chi connectivity index (χ4v) is 22.5. The molecule has 0 radical (unpaired) electrons. The first-order valence-corrected chi connectivity index (χ1v) is 9.86. The van der Waals surface area contributed by atoms with E-state index in [0.29, 0.717) is 0 Å². The Morgan fingerprint density at radius 3 is 1.33 bits per heavy atom. The Morgan fingerprint density at radius 1 is 1.00 bits per heavy atom. The molecule has 1 fully saturated rings. The second kappa shape index (κ2) is 2.70. The zero-order valence-electron chi connectivity index (χ0n) is 2.53. The fraction of sp³-hybridized carbons (Fsp3) is 0. The largest absolute Gasteiger partial charge is 0.736 e. The molecule has 1 saturated heterocycles. The highest BCUT2D eigenvalue weighted by atomic mass is 33.8.